The first-order valence-corrected chi connectivity index (χ1v) is 9.84. The van der Waals surface area contributed by atoms with Gasteiger partial charge in [0.2, 0.25) is 0 Å². The Kier molecular flexibility index (Phi) is 5.07. The molecule has 0 bridgehead atoms. The molecule has 1 saturated heterocycles. The monoisotopic (exact) mass is 352 g/mol. The summed E-state index contributed by atoms with van der Waals surface area (Å²) in [6, 6.07) is 8.58. The molecule has 2 heterocycles. The molecule has 0 unspecified atom stereocenters. The fourth-order valence-electron chi connectivity index (χ4n) is 4.40. The number of benzene rings is 1. The molecule has 1 aliphatic carbocycles. The number of rotatable bonds is 3. The maximum Gasteiger partial charge on any atom is 0.254 e. The Morgan fingerprint density at radius 2 is 1.77 bits per heavy atom. The molecule has 2 aromatic rings. The summed E-state index contributed by atoms with van der Waals surface area (Å²) in [5.41, 5.74) is 1.67. The standard InChI is InChI=1S/C21H28N4O/c1-23-12-11-22-20(23)18-9-5-6-10-19(18)21(26)25-15-13-24(14-16-25)17-7-3-2-4-8-17/h5-6,9-12,17H,2-4,7-8,13-16H2,1H3. The van der Waals surface area contributed by atoms with Crippen LogP contribution >= 0.6 is 0 Å². The van der Waals surface area contributed by atoms with Crippen LogP contribution in [0.15, 0.2) is 36.7 Å². The van der Waals surface area contributed by atoms with Crippen LogP contribution in [0.5, 0.6) is 0 Å². The average Bonchev–Trinajstić information content (AvgIpc) is 3.14. The molecule has 0 N–H and O–H groups in total. The van der Waals surface area contributed by atoms with Crippen LogP contribution in [0.1, 0.15) is 42.5 Å². The molecule has 138 valence electrons. The molecule has 2 aliphatic rings. The zero-order chi connectivity index (χ0) is 17.9. The maximum absolute atomic E-state index is 13.2. The Morgan fingerprint density at radius 3 is 2.46 bits per heavy atom. The summed E-state index contributed by atoms with van der Waals surface area (Å²) in [6.45, 7) is 3.65. The lowest BCUT2D eigenvalue weighted by Crippen LogP contribution is -2.52. The van der Waals surface area contributed by atoms with Gasteiger partial charge in [0.15, 0.2) is 0 Å². The van der Waals surface area contributed by atoms with E-state index in [9.17, 15) is 4.79 Å². The number of amides is 1. The van der Waals surface area contributed by atoms with Gasteiger partial charge in [-0.15, -0.1) is 0 Å². The Hall–Kier alpha value is -2.14. The van der Waals surface area contributed by atoms with E-state index in [1.807, 2.05) is 47.0 Å². The van der Waals surface area contributed by atoms with E-state index in [2.05, 4.69) is 9.88 Å². The molecule has 0 atom stereocenters. The summed E-state index contributed by atoms with van der Waals surface area (Å²) >= 11 is 0. The summed E-state index contributed by atoms with van der Waals surface area (Å²) in [4.78, 5) is 22.2. The number of nitrogens with zero attached hydrogens (tertiary/aromatic N) is 4. The minimum absolute atomic E-state index is 0.131. The second-order valence-corrected chi connectivity index (χ2v) is 7.53. The van der Waals surface area contributed by atoms with E-state index < -0.39 is 0 Å². The van der Waals surface area contributed by atoms with Crippen molar-refractivity contribution in [3.63, 3.8) is 0 Å². The predicted molar refractivity (Wildman–Crippen MR) is 103 cm³/mol. The van der Waals surface area contributed by atoms with E-state index in [4.69, 9.17) is 0 Å². The highest BCUT2D eigenvalue weighted by molar-refractivity contribution is 6.00. The molecule has 1 aromatic carbocycles. The lowest BCUT2D eigenvalue weighted by atomic mass is 9.94. The van der Waals surface area contributed by atoms with Crippen LogP contribution in [-0.4, -0.2) is 57.5 Å². The topological polar surface area (TPSA) is 41.4 Å². The van der Waals surface area contributed by atoms with Gasteiger partial charge < -0.3 is 9.47 Å². The highest BCUT2D eigenvalue weighted by Crippen LogP contribution is 2.26. The fraction of sp³-hybridized carbons (Fsp3) is 0.524. The molecular formula is C21H28N4O. The van der Waals surface area contributed by atoms with Crippen LogP contribution in [0.2, 0.25) is 0 Å². The number of hydrogen-bond donors (Lipinski definition) is 0. The van der Waals surface area contributed by atoms with Crippen molar-refractivity contribution in [2.75, 3.05) is 26.2 Å². The zero-order valence-corrected chi connectivity index (χ0v) is 15.6. The molecule has 5 nitrogen and oxygen atoms in total. The highest BCUT2D eigenvalue weighted by atomic mass is 16.2. The van der Waals surface area contributed by atoms with Gasteiger partial charge in [0, 0.05) is 57.2 Å². The summed E-state index contributed by atoms with van der Waals surface area (Å²) in [6.07, 6.45) is 10.5. The van der Waals surface area contributed by atoms with Crippen molar-refractivity contribution in [1.29, 1.82) is 0 Å². The van der Waals surface area contributed by atoms with Crippen LogP contribution in [0.4, 0.5) is 0 Å². The van der Waals surface area contributed by atoms with Gasteiger partial charge in [-0.2, -0.15) is 0 Å². The van der Waals surface area contributed by atoms with E-state index in [0.29, 0.717) is 0 Å². The summed E-state index contributed by atoms with van der Waals surface area (Å²) in [5, 5.41) is 0. The van der Waals surface area contributed by atoms with Gasteiger partial charge in [0.25, 0.3) is 5.91 Å². The number of hydrogen-bond acceptors (Lipinski definition) is 3. The Morgan fingerprint density at radius 1 is 1.04 bits per heavy atom. The van der Waals surface area contributed by atoms with Crippen molar-refractivity contribution in [2.45, 2.75) is 38.1 Å². The first-order chi connectivity index (χ1) is 12.7. The molecule has 0 radical (unpaired) electrons. The Bertz CT molecular complexity index is 755. The molecule has 26 heavy (non-hydrogen) atoms. The zero-order valence-electron chi connectivity index (χ0n) is 15.6. The number of aromatic nitrogens is 2. The predicted octanol–water partition coefficient (Wildman–Crippen LogP) is 3.18. The van der Waals surface area contributed by atoms with Gasteiger partial charge in [-0.05, 0) is 18.9 Å². The average molecular weight is 352 g/mol. The molecule has 1 aromatic heterocycles. The van der Waals surface area contributed by atoms with Crippen molar-refractivity contribution in [3.8, 4) is 11.4 Å². The second-order valence-electron chi connectivity index (χ2n) is 7.53. The van der Waals surface area contributed by atoms with Crippen LogP contribution in [0.3, 0.4) is 0 Å². The molecule has 4 rings (SSSR count). The first-order valence-electron chi connectivity index (χ1n) is 9.84. The maximum atomic E-state index is 13.2. The molecule has 1 saturated carbocycles. The van der Waals surface area contributed by atoms with E-state index in [1.165, 1.54) is 32.1 Å². The molecule has 5 heteroatoms. The number of carbonyl (C=O) groups excluding carboxylic acids is 1. The van der Waals surface area contributed by atoms with E-state index >= 15 is 0 Å². The minimum atomic E-state index is 0.131. The molecular weight excluding hydrogens is 324 g/mol. The van der Waals surface area contributed by atoms with Gasteiger partial charge in [0.05, 0.1) is 5.56 Å². The number of carbonyl (C=O) groups is 1. The molecule has 2 fully saturated rings. The first kappa shape index (κ1) is 17.3. The third-order valence-electron chi connectivity index (χ3n) is 5.91. The number of imidazole rings is 1. The Balaban J connectivity index is 1.47. The molecule has 1 aliphatic heterocycles. The van der Waals surface area contributed by atoms with Crippen molar-refractivity contribution < 1.29 is 4.79 Å². The van der Waals surface area contributed by atoms with Gasteiger partial charge >= 0.3 is 0 Å². The van der Waals surface area contributed by atoms with Crippen LogP contribution in [0, 0.1) is 0 Å². The van der Waals surface area contributed by atoms with Crippen molar-refractivity contribution in [2.24, 2.45) is 7.05 Å². The normalized spacial score (nSPS) is 19.7. The van der Waals surface area contributed by atoms with Crippen molar-refractivity contribution in [1.82, 2.24) is 19.4 Å². The smallest absolute Gasteiger partial charge is 0.254 e. The lowest BCUT2D eigenvalue weighted by Gasteiger charge is -2.40. The van der Waals surface area contributed by atoms with Crippen molar-refractivity contribution >= 4 is 5.91 Å². The van der Waals surface area contributed by atoms with Gasteiger partial charge in [-0.25, -0.2) is 4.98 Å². The summed E-state index contributed by atoms with van der Waals surface area (Å²) in [7, 11) is 1.96. The van der Waals surface area contributed by atoms with Crippen molar-refractivity contribution in [3.05, 3.63) is 42.2 Å². The van der Waals surface area contributed by atoms with E-state index in [1.54, 1.807) is 6.20 Å². The second kappa shape index (κ2) is 7.62. The summed E-state index contributed by atoms with van der Waals surface area (Å²) < 4.78 is 1.97. The number of aryl methyl sites for hydroxylation is 1. The van der Waals surface area contributed by atoms with Gasteiger partial charge in [-0.3, -0.25) is 9.69 Å². The third-order valence-corrected chi connectivity index (χ3v) is 5.91. The molecule has 1 amide bonds. The van der Waals surface area contributed by atoms with E-state index in [-0.39, 0.29) is 5.91 Å². The largest absolute Gasteiger partial charge is 0.336 e. The van der Waals surface area contributed by atoms with Crippen LogP contribution in [-0.2, 0) is 7.05 Å². The lowest BCUT2D eigenvalue weighted by molar-refractivity contribution is 0.0524. The third kappa shape index (κ3) is 3.40. The van der Waals surface area contributed by atoms with Crippen LogP contribution in [0.25, 0.3) is 11.4 Å². The SMILES string of the molecule is Cn1ccnc1-c1ccccc1C(=O)N1CCN(C2CCCCC2)CC1. The Labute approximate surface area is 155 Å². The van der Waals surface area contributed by atoms with E-state index in [0.717, 1.165) is 49.2 Å². The van der Waals surface area contributed by atoms with Gasteiger partial charge in [0.1, 0.15) is 5.82 Å². The minimum Gasteiger partial charge on any atom is -0.336 e. The van der Waals surface area contributed by atoms with Crippen LogP contribution < -0.4 is 0 Å². The fourth-order valence-corrected chi connectivity index (χ4v) is 4.40. The van der Waals surface area contributed by atoms with Gasteiger partial charge in [-0.1, -0.05) is 37.5 Å². The summed E-state index contributed by atoms with van der Waals surface area (Å²) in [5.74, 6) is 0.974. The molecule has 0 spiro atoms. The highest BCUT2D eigenvalue weighted by Gasteiger charge is 2.28. The number of piperazine rings is 1. The quantitative estimate of drug-likeness (QED) is 0.852.